The van der Waals surface area contributed by atoms with Crippen LogP contribution in [0.1, 0.15) is 12.5 Å². The third-order valence-electron chi connectivity index (χ3n) is 3.10. The van der Waals surface area contributed by atoms with Crippen LogP contribution >= 0.6 is 0 Å². The van der Waals surface area contributed by atoms with Crippen molar-refractivity contribution in [2.24, 2.45) is 4.99 Å². The molecule has 2 aromatic carbocycles. The van der Waals surface area contributed by atoms with E-state index in [0.29, 0.717) is 5.55 Å². The zero-order valence-corrected chi connectivity index (χ0v) is 10.8. The zero-order chi connectivity index (χ0) is 13.1. The van der Waals surface area contributed by atoms with Crippen LogP contribution in [0, 0.1) is 0 Å². The molecular weight excluding hydrogens is 234 g/mol. The molecule has 94 valence electrons. The lowest BCUT2D eigenvalue weighted by Gasteiger charge is -2.02. The van der Waals surface area contributed by atoms with Gasteiger partial charge in [-0.1, -0.05) is 43.3 Å². The van der Waals surface area contributed by atoms with Gasteiger partial charge in [0.2, 0.25) is 5.55 Å². The van der Waals surface area contributed by atoms with Crippen LogP contribution in [-0.2, 0) is 6.42 Å². The molecule has 0 radical (unpaired) electrons. The number of nitrogens with zero attached hydrogens (tertiary/aromatic N) is 1. The van der Waals surface area contributed by atoms with Gasteiger partial charge in [0.25, 0.3) is 0 Å². The molecule has 0 aliphatic heterocycles. The Hall–Kier alpha value is -2.35. The molecule has 0 saturated carbocycles. The summed E-state index contributed by atoms with van der Waals surface area (Å²) in [5, 5.41) is 1.12. The fourth-order valence-corrected chi connectivity index (χ4v) is 2.08. The van der Waals surface area contributed by atoms with Crippen molar-refractivity contribution in [2.75, 3.05) is 0 Å². The van der Waals surface area contributed by atoms with Crippen molar-refractivity contribution in [3.63, 3.8) is 0 Å². The Kier molecular flexibility index (Phi) is 3.15. The number of hydrogen-bond acceptors (Lipinski definition) is 2. The molecule has 0 amide bonds. The van der Waals surface area contributed by atoms with E-state index < -0.39 is 0 Å². The maximum Gasteiger partial charge on any atom is 0.223 e. The van der Waals surface area contributed by atoms with Gasteiger partial charge in [0.15, 0.2) is 0 Å². The topological polar surface area (TPSA) is 25.5 Å². The van der Waals surface area contributed by atoms with Crippen molar-refractivity contribution in [1.82, 2.24) is 0 Å². The Morgan fingerprint density at radius 3 is 2.47 bits per heavy atom. The molecule has 1 aromatic heterocycles. The van der Waals surface area contributed by atoms with Crippen LogP contribution in [0.25, 0.3) is 11.0 Å². The van der Waals surface area contributed by atoms with Gasteiger partial charge in [0, 0.05) is 10.9 Å². The smallest absolute Gasteiger partial charge is 0.223 e. The van der Waals surface area contributed by atoms with Gasteiger partial charge in [0.1, 0.15) is 5.58 Å². The predicted octanol–water partition coefficient (Wildman–Crippen LogP) is 4.23. The third kappa shape index (κ3) is 2.43. The molecule has 19 heavy (non-hydrogen) atoms. The fraction of sp³-hybridized carbons (Fsp3) is 0.118. The van der Waals surface area contributed by atoms with Crippen molar-refractivity contribution in [3.8, 4) is 0 Å². The summed E-state index contributed by atoms with van der Waals surface area (Å²) >= 11 is 0. The average Bonchev–Trinajstić information content (AvgIpc) is 2.47. The van der Waals surface area contributed by atoms with E-state index in [9.17, 15) is 0 Å². The van der Waals surface area contributed by atoms with Gasteiger partial charge < -0.3 is 4.42 Å². The van der Waals surface area contributed by atoms with E-state index in [4.69, 9.17) is 4.42 Å². The molecule has 3 aromatic rings. The molecule has 0 spiro atoms. The second-order valence-corrected chi connectivity index (χ2v) is 4.42. The van der Waals surface area contributed by atoms with Crippen molar-refractivity contribution in [1.29, 1.82) is 0 Å². The summed E-state index contributed by atoms with van der Waals surface area (Å²) in [6.45, 7) is 2.11. The highest BCUT2D eigenvalue weighted by atomic mass is 16.3. The van der Waals surface area contributed by atoms with E-state index in [1.54, 1.807) is 0 Å². The molecule has 0 bridgehead atoms. The van der Waals surface area contributed by atoms with E-state index in [0.717, 1.165) is 28.6 Å². The summed E-state index contributed by atoms with van der Waals surface area (Å²) in [7, 11) is 0. The molecule has 2 heteroatoms. The first-order valence-electron chi connectivity index (χ1n) is 6.48. The van der Waals surface area contributed by atoms with E-state index in [2.05, 4.69) is 24.0 Å². The Morgan fingerprint density at radius 1 is 0.947 bits per heavy atom. The number of rotatable bonds is 2. The SMILES string of the molecule is CCc1cc2ccccc2o/c1=N\c1ccccc1. The average molecular weight is 249 g/mol. The summed E-state index contributed by atoms with van der Waals surface area (Å²) < 4.78 is 5.92. The van der Waals surface area contributed by atoms with Crippen LogP contribution in [-0.4, -0.2) is 0 Å². The Labute approximate surface area is 112 Å². The van der Waals surface area contributed by atoms with Crippen LogP contribution in [0.15, 0.2) is 70.1 Å². The first kappa shape index (κ1) is 11.7. The summed E-state index contributed by atoms with van der Waals surface area (Å²) in [4.78, 5) is 4.60. The number of aryl methyl sites for hydroxylation is 1. The molecule has 3 rings (SSSR count). The van der Waals surface area contributed by atoms with Crippen LogP contribution in [0.2, 0.25) is 0 Å². The van der Waals surface area contributed by atoms with Crippen molar-refractivity contribution in [3.05, 3.63) is 71.8 Å². The van der Waals surface area contributed by atoms with E-state index in [1.165, 1.54) is 0 Å². The highest BCUT2D eigenvalue weighted by Crippen LogP contribution is 2.14. The van der Waals surface area contributed by atoms with E-state index in [1.807, 2.05) is 48.5 Å². The largest absolute Gasteiger partial charge is 0.438 e. The number of fused-ring (bicyclic) bond motifs is 1. The zero-order valence-electron chi connectivity index (χ0n) is 10.8. The predicted molar refractivity (Wildman–Crippen MR) is 77.3 cm³/mol. The standard InChI is InChI=1S/C17H15NO/c1-2-13-12-14-8-6-7-11-16(14)19-17(13)18-15-9-4-3-5-10-15/h3-12H,2H2,1H3/b18-17-. The van der Waals surface area contributed by atoms with Gasteiger partial charge in [-0.05, 0) is 30.7 Å². The van der Waals surface area contributed by atoms with E-state index >= 15 is 0 Å². The summed E-state index contributed by atoms with van der Waals surface area (Å²) in [5.41, 5.74) is 3.61. The Bertz CT molecular complexity index is 757. The van der Waals surface area contributed by atoms with Crippen LogP contribution in [0.4, 0.5) is 5.69 Å². The second kappa shape index (κ2) is 5.11. The lowest BCUT2D eigenvalue weighted by Crippen LogP contribution is -2.07. The fourth-order valence-electron chi connectivity index (χ4n) is 2.08. The molecule has 0 aliphatic carbocycles. The van der Waals surface area contributed by atoms with Crippen molar-refractivity contribution in [2.45, 2.75) is 13.3 Å². The monoisotopic (exact) mass is 249 g/mol. The van der Waals surface area contributed by atoms with Crippen LogP contribution < -0.4 is 5.55 Å². The van der Waals surface area contributed by atoms with Crippen LogP contribution in [0.3, 0.4) is 0 Å². The molecule has 0 aliphatic rings. The lowest BCUT2D eigenvalue weighted by molar-refractivity contribution is 0.535. The maximum atomic E-state index is 5.92. The normalized spacial score (nSPS) is 11.9. The number of benzene rings is 2. The molecule has 0 atom stereocenters. The molecular formula is C17H15NO. The lowest BCUT2D eigenvalue weighted by atomic mass is 10.1. The minimum Gasteiger partial charge on any atom is -0.438 e. The van der Waals surface area contributed by atoms with Crippen LogP contribution in [0.5, 0.6) is 0 Å². The molecule has 0 saturated heterocycles. The first-order chi connectivity index (χ1) is 9.36. The van der Waals surface area contributed by atoms with Gasteiger partial charge in [-0.2, -0.15) is 0 Å². The molecule has 1 heterocycles. The van der Waals surface area contributed by atoms with Gasteiger partial charge in [-0.25, -0.2) is 4.99 Å². The molecule has 0 unspecified atom stereocenters. The quantitative estimate of drug-likeness (QED) is 0.667. The highest BCUT2D eigenvalue weighted by Gasteiger charge is 2.01. The second-order valence-electron chi connectivity index (χ2n) is 4.42. The number of para-hydroxylation sites is 2. The molecule has 0 fully saturated rings. The Morgan fingerprint density at radius 2 is 1.68 bits per heavy atom. The minimum absolute atomic E-state index is 0.701. The van der Waals surface area contributed by atoms with Gasteiger partial charge in [0.05, 0.1) is 5.69 Å². The Balaban J connectivity index is 2.25. The van der Waals surface area contributed by atoms with Gasteiger partial charge in [-0.3, -0.25) is 0 Å². The van der Waals surface area contributed by atoms with Gasteiger partial charge in [-0.15, -0.1) is 0 Å². The highest BCUT2D eigenvalue weighted by molar-refractivity contribution is 5.76. The van der Waals surface area contributed by atoms with E-state index in [-0.39, 0.29) is 0 Å². The summed E-state index contributed by atoms with van der Waals surface area (Å²) in [5.74, 6) is 0. The van der Waals surface area contributed by atoms with Crippen molar-refractivity contribution < 1.29 is 4.42 Å². The molecule has 2 nitrogen and oxygen atoms in total. The molecule has 0 N–H and O–H groups in total. The summed E-state index contributed by atoms with van der Waals surface area (Å²) in [6.07, 6.45) is 0.903. The van der Waals surface area contributed by atoms with Crippen molar-refractivity contribution >= 4 is 16.7 Å². The first-order valence-corrected chi connectivity index (χ1v) is 6.48. The maximum absolute atomic E-state index is 5.92. The summed E-state index contributed by atoms with van der Waals surface area (Å²) in [6, 6.07) is 20.1. The van der Waals surface area contributed by atoms with Gasteiger partial charge >= 0.3 is 0 Å². The third-order valence-corrected chi connectivity index (χ3v) is 3.10. The minimum atomic E-state index is 0.701. The number of hydrogen-bond donors (Lipinski definition) is 0.